The lowest BCUT2D eigenvalue weighted by molar-refractivity contribution is -0.137. The Morgan fingerprint density at radius 2 is 2.27 bits per heavy atom. The van der Waals surface area contributed by atoms with Crippen molar-refractivity contribution in [3.63, 3.8) is 0 Å². The van der Waals surface area contributed by atoms with Gasteiger partial charge in [0.15, 0.2) is 0 Å². The summed E-state index contributed by atoms with van der Waals surface area (Å²) in [6.45, 7) is 1.51. The molecule has 0 aromatic heterocycles. The average Bonchev–Trinajstić information content (AvgIpc) is 2.21. The molecule has 0 spiro atoms. The minimum Gasteiger partial charge on any atom is -0.480 e. The molecule has 0 saturated carbocycles. The Kier molecular flexibility index (Phi) is 3.54. The Bertz CT molecular complexity index is 412. The van der Waals surface area contributed by atoms with Gasteiger partial charge in [-0.05, 0) is 18.5 Å². The molecule has 1 aromatic rings. The predicted molar refractivity (Wildman–Crippen MR) is 56.0 cm³/mol. The minimum absolute atomic E-state index is 0.383. The summed E-state index contributed by atoms with van der Waals surface area (Å²) in [5.41, 5.74) is 9.19. The van der Waals surface area contributed by atoms with E-state index in [0.29, 0.717) is 11.4 Å². The normalized spacial score (nSPS) is 11.3. The predicted octanol–water partition coefficient (Wildman–Crippen LogP) is 2.51. The van der Waals surface area contributed by atoms with Crippen LogP contribution < -0.4 is 5.32 Å². The highest BCUT2D eigenvalue weighted by molar-refractivity contribution is 5.79. The molecule has 0 radical (unpaired) electrons. The number of para-hydroxylation sites is 1. The topological polar surface area (TPSA) is 98.1 Å². The third kappa shape index (κ3) is 2.89. The number of nitrogens with one attached hydrogen (secondary N) is 1. The molecule has 6 heteroatoms. The van der Waals surface area contributed by atoms with Crippen LogP contribution in [0.15, 0.2) is 29.4 Å². The zero-order valence-corrected chi connectivity index (χ0v) is 8.08. The fraction of sp³-hybridized carbons (Fsp3) is 0.222. The molecule has 1 atom stereocenters. The summed E-state index contributed by atoms with van der Waals surface area (Å²) in [5.74, 6) is -0.967. The van der Waals surface area contributed by atoms with Crippen LogP contribution >= 0.6 is 0 Å². The van der Waals surface area contributed by atoms with Gasteiger partial charge < -0.3 is 10.4 Å². The summed E-state index contributed by atoms with van der Waals surface area (Å²) in [4.78, 5) is 13.3. The third-order valence-corrected chi connectivity index (χ3v) is 1.80. The second-order valence-corrected chi connectivity index (χ2v) is 2.91. The Hall–Kier alpha value is -2.20. The van der Waals surface area contributed by atoms with E-state index in [0.717, 1.165) is 0 Å². The highest BCUT2D eigenvalue weighted by Gasteiger charge is 2.11. The zero-order chi connectivity index (χ0) is 11.3. The van der Waals surface area contributed by atoms with E-state index in [4.69, 9.17) is 10.6 Å². The molecule has 0 heterocycles. The molecule has 2 N–H and O–H groups in total. The number of carboxylic acids is 1. The van der Waals surface area contributed by atoms with Crippen LogP contribution in [-0.4, -0.2) is 17.1 Å². The smallest absolute Gasteiger partial charge is 0.325 e. The number of hydrogen-bond donors (Lipinski definition) is 2. The van der Waals surface area contributed by atoms with Gasteiger partial charge >= 0.3 is 5.97 Å². The summed E-state index contributed by atoms with van der Waals surface area (Å²) in [6, 6.07) is 5.97. The van der Waals surface area contributed by atoms with Gasteiger partial charge in [0.2, 0.25) is 0 Å². The molecule has 0 aliphatic rings. The fourth-order valence-corrected chi connectivity index (χ4v) is 1.03. The third-order valence-electron chi connectivity index (χ3n) is 1.80. The Labute approximate surface area is 86.2 Å². The number of carbonyl (C=O) groups is 1. The second-order valence-electron chi connectivity index (χ2n) is 2.91. The molecule has 6 nitrogen and oxygen atoms in total. The van der Waals surface area contributed by atoms with Crippen LogP contribution in [0, 0.1) is 0 Å². The van der Waals surface area contributed by atoms with E-state index >= 15 is 0 Å². The van der Waals surface area contributed by atoms with Crippen molar-refractivity contribution in [2.45, 2.75) is 13.0 Å². The zero-order valence-electron chi connectivity index (χ0n) is 8.08. The first-order valence-electron chi connectivity index (χ1n) is 4.28. The standard InChI is InChI=1S/C9H10N4O2/c1-6(9(14)15)11-7-4-2-3-5-8(7)12-13-10/h2-6,11H,1H3,(H,14,15). The summed E-state index contributed by atoms with van der Waals surface area (Å²) in [5, 5.41) is 14.9. The SMILES string of the molecule is CC(Nc1ccccc1N=[N+]=[N-])C(=O)O. The quantitative estimate of drug-likeness (QED) is 0.449. The number of aliphatic carboxylic acids is 1. The van der Waals surface area contributed by atoms with Crippen LogP contribution in [0.2, 0.25) is 0 Å². The lowest BCUT2D eigenvalue weighted by Gasteiger charge is -2.12. The second kappa shape index (κ2) is 4.88. The van der Waals surface area contributed by atoms with Crippen molar-refractivity contribution in [3.05, 3.63) is 34.7 Å². The highest BCUT2D eigenvalue weighted by Crippen LogP contribution is 2.24. The first kappa shape index (κ1) is 10.9. The number of hydrogen-bond acceptors (Lipinski definition) is 3. The molecule has 0 amide bonds. The first-order valence-corrected chi connectivity index (χ1v) is 4.28. The Morgan fingerprint density at radius 3 is 2.87 bits per heavy atom. The molecule has 1 rings (SSSR count). The molecule has 0 saturated heterocycles. The molecular weight excluding hydrogens is 196 g/mol. The van der Waals surface area contributed by atoms with Gasteiger partial charge in [-0.1, -0.05) is 23.3 Å². The Morgan fingerprint density at radius 1 is 1.60 bits per heavy atom. The van der Waals surface area contributed by atoms with E-state index in [9.17, 15) is 4.79 Å². The lowest BCUT2D eigenvalue weighted by Crippen LogP contribution is -2.25. The van der Waals surface area contributed by atoms with Gasteiger partial charge in [0.1, 0.15) is 6.04 Å². The van der Waals surface area contributed by atoms with Gasteiger partial charge in [0.25, 0.3) is 0 Å². The summed E-state index contributed by atoms with van der Waals surface area (Å²) >= 11 is 0. The van der Waals surface area contributed by atoms with Gasteiger partial charge in [-0.2, -0.15) is 0 Å². The van der Waals surface area contributed by atoms with E-state index in [2.05, 4.69) is 15.3 Å². The summed E-state index contributed by atoms with van der Waals surface area (Å²) in [6.07, 6.45) is 0. The van der Waals surface area contributed by atoms with E-state index < -0.39 is 12.0 Å². The van der Waals surface area contributed by atoms with Crippen molar-refractivity contribution in [3.8, 4) is 0 Å². The van der Waals surface area contributed by atoms with Gasteiger partial charge in [-0.15, -0.1) is 0 Å². The van der Waals surface area contributed by atoms with Gasteiger partial charge in [0, 0.05) is 10.6 Å². The van der Waals surface area contributed by atoms with Crippen LogP contribution in [0.1, 0.15) is 6.92 Å². The van der Waals surface area contributed by atoms with Crippen LogP contribution in [0.25, 0.3) is 10.4 Å². The molecule has 0 aliphatic heterocycles. The van der Waals surface area contributed by atoms with Gasteiger partial charge in [-0.3, -0.25) is 4.79 Å². The van der Waals surface area contributed by atoms with Gasteiger partial charge in [-0.25, -0.2) is 0 Å². The van der Waals surface area contributed by atoms with Crippen molar-refractivity contribution in [2.24, 2.45) is 5.11 Å². The number of carboxylic acid groups (broad SMARTS) is 1. The molecule has 78 valence electrons. The Balaban J connectivity index is 2.93. The maximum Gasteiger partial charge on any atom is 0.325 e. The van der Waals surface area contributed by atoms with Crippen molar-refractivity contribution in [1.29, 1.82) is 0 Å². The molecule has 1 unspecified atom stereocenters. The molecular formula is C9H10N4O2. The molecule has 15 heavy (non-hydrogen) atoms. The first-order chi connectivity index (χ1) is 7.15. The number of azide groups is 1. The molecule has 0 fully saturated rings. The van der Waals surface area contributed by atoms with Crippen LogP contribution in [0.3, 0.4) is 0 Å². The number of nitrogens with zero attached hydrogens (tertiary/aromatic N) is 3. The fourth-order valence-electron chi connectivity index (χ4n) is 1.03. The number of anilines is 1. The molecule has 0 bridgehead atoms. The van der Waals surface area contributed by atoms with Crippen molar-refractivity contribution < 1.29 is 9.90 Å². The monoisotopic (exact) mass is 206 g/mol. The van der Waals surface area contributed by atoms with Crippen molar-refractivity contribution in [1.82, 2.24) is 0 Å². The molecule has 0 aliphatic carbocycles. The minimum atomic E-state index is -0.967. The number of rotatable bonds is 4. The van der Waals surface area contributed by atoms with Crippen LogP contribution in [-0.2, 0) is 4.79 Å². The largest absolute Gasteiger partial charge is 0.480 e. The van der Waals surface area contributed by atoms with E-state index in [1.54, 1.807) is 24.3 Å². The highest BCUT2D eigenvalue weighted by atomic mass is 16.4. The maximum atomic E-state index is 10.6. The van der Waals surface area contributed by atoms with Crippen LogP contribution in [0.4, 0.5) is 11.4 Å². The van der Waals surface area contributed by atoms with Gasteiger partial charge in [0.05, 0.1) is 5.69 Å². The van der Waals surface area contributed by atoms with E-state index in [1.165, 1.54) is 6.92 Å². The summed E-state index contributed by atoms with van der Waals surface area (Å²) < 4.78 is 0. The summed E-state index contributed by atoms with van der Waals surface area (Å²) in [7, 11) is 0. The van der Waals surface area contributed by atoms with Crippen LogP contribution in [0.5, 0.6) is 0 Å². The number of benzene rings is 1. The average molecular weight is 206 g/mol. The van der Waals surface area contributed by atoms with Crippen molar-refractivity contribution >= 4 is 17.3 Å². The van der Waals surface area contributed by atoms with Crippen molar-refractivity contribution in [2.75, 3.05) is 5.32 Å². The molecule has 1 aromatic carbocycles. The maximum absolute atomic E-state index is 10.6. The van der Waals surface area contributed by atoms with E-state index in [1.807, 2.05) is 0 Å². The van der Waals surface area contributed by atoms with E-state index in [-0.39, 0.29) is 0 Å². The lowest BCUT2D eigenvalue weighted by atomic mass is 10.2.